The Balaban J connectivity index is 1.74. The van der Waals surface area contributed by atoms with Gasteiger partial charge in [-0.2, -0.15) is 0 Å². The molecule has 1 aliphatic carbocycles. The molecule has 176 valence electrons. The van der Waals surface area contributed by atoms with Crippen molar-refractivity contribution in [2.75, 3.05) is 14.1 Å². The van der Waals surface area contributed by atoms with Gasteiger partial charge in [0.1, 0.15) is 24.0 Å². The molecule has 1 aliphatic heterocycles. The van der Waals surface area contributed by atoms with Crippen LogP contribution in [0.15, 0.2) is 34.9 Å². The molecule has 3 amide bonds. The van der Waals surface area contributed by atoms with Crippen molar-refractivity contribution in [3.05, 3.63) is 53.2 Å². The normalized spacial score (nSPS) is 21.8. The SMILES string of the molecule is Cc1nc([C@H](C(=O)N(C)C)N2C(=O)[C@@H](C3Cc4ccccc4C3)NC(=O)[C@H]2CC(C)C)co1. The van der Waals surface area contributed by atoms with Crippen molar-refractivity contribution in [3.63, 3.8) is 0 Å². The number of piperazine rings is 1. The highest BCUT2D eigenvalue weighted by molar-refractivity contribution is 6.00. The molecule has 2 aliphatic rings. The van der Waals surface area contributed by atoms with Crippen LogP contribution in [0.2, 0.25) is 0 Å². The first-order valence-corrected chi connectivity index (χ1v) is 11.5. The van der Waals surface area contributed by atoms with Gasteiger partial charge in [0.2, 0.25) is 11.8 Å². The van der Waals surface area contributed by atoms with Crippen molar-refractivity contribution >= 4 is 17.7 Å². The third kappa shape index (κ3) is 4.38. The van der Waals surface area contributed by atoms with Crippen molar-refractivity contribution in [3.8, 4) is 0 Å². The lowest BCUT2D eigenvalue weighted by atomic mass is 9.88. The number of nitrogens with zero attached hydrogens (tertiary/aromatic N) is 3. The summed E-state index contributed by atoms with van der Waals surface area (Å²) in [4.78, 5) is 48.1. The lowest BCUT2D eigenvalue weighted by Crippen LogP contribution is -2.67. The third-order valence-corrected chi connectivity index (χ3v) is 6.58. The molecule has 1 aromatic heterocycles. The number of aromatic nitrogens is 1. The van der Waals surface area contributed by atoms with Gasteiger partial charge >= 0.3 is 0 Å². The quantitative estimate of drug-likeness (QED) is 0.725. The van der Waals surface area contributed by atoms with Crippen molar-refractivity contribution in [1.82, 2.24) is 20.1 Å². The summed E-state index contributed by atoms with van der Waals surface area (Å²) in [6.07, 6.45) is 3.28. The summed E-state index contributed by atoms with van der Waals surface area (Å²) in [6.45, 7) is 5.69. The van der Waals surface area contributed by atoms with Crippen LogP contribution in [0.25, 0.3) is 0 Å². The summed E-state index contributed by atoms with van der Waals surface area (Å²) in [6, 6.07) is 5.65. The summed E-state index contributed by atoms with van der Waals surface area (Å²) in [7, 11) is 3.28. The van der Waals surface area contributed by atoms with Crippen LogP contribution < -0.4 is 5.32 Å². The zero-order valence-corrected chi connectivity index (χ0v) is 19.9. The van der Waals surface area contributed by atoms with E-state index in [1.165, 1.54) is 27.2 Å². The van der Waals surface area contributed by atoms with Crippen LogP contribution in [-0.4, -0.2) is 58.7 Å². The van der Waals surface area contributed by atoms with Crippen LogP contribution in [0.1, 0.15) is 49.0 Å². The van der Waals surface area contributed by atoms with E-state index in [0.29, 0.717) is 30.8 Å². The monoisotopic (exact) mass is 452 g/mol. The minimum absolute atomic E-state index is 0.0597. The molecular weight excluding hydrogens is 420 g/mol. The maximum absolute atomic E-state index is 14.0. The Morgan fingerprint density at radius 1 is 1.21 bits per heavy atom. The molecule has 1 fully saturated rings. The van der Waals surface area contributed by atoms with Gasteiger partial charge in [0.15, 0.2) is 11.9 Å². The zero-order chi connectivity index (χ0) is 23.9. The molecule has 33 heavy (non-hydrogen) atoms. The first-order chi connectivity index (χ1) is 15.7. The molecule has 0 radical (unpaired) electrons. The molecule has 1 aromatic carbocycles. The summed E-state index contributed by atoms with van der Waals surface area (Å²) in [5.41, 5.74) is 2.75. The first-order valence-electron chi connectivity index (χ1n) is 11.5. The fourth-order valence-corrected chi connectivity index (χ4v) is 5.01. The number of nitrogens with one attached hydrogen (secondary N) is 1. The van der Waals surface area contributed by atoms with Gasteiger partial charge in [-0.25, -0.2) is 4.98 Å². The van der Waals surface area contributed by atoms with Crippen molar-refractivity contribution in [1.29, 1.82) is 0 Å². The van der Waals surface area contributed by atoms with Crippen molar-refractivity contribution < 1.29 is 18.8 Å². The average Bonchev–Trinajstić information content (AvgIpc) is 3.38. The molecule has 0 spiro atoms. The van der Waals surface area contributed by atoms with Crippen LogP contribution in [0.4, 0.5) is 0 Å². The largest absolute Gasteiger partial charge is 0.449 e. The Morgan fingerprint density at radius 2 is 1.85 bits per heavy atom. The second-order valence-electron chi connectivity index (χ2n) is 9.74. The molecular formula is C25H32N4O4. The van der Waals surface area contributed by atoms with Gasteiger partial charge in [-0.1, -0.05) is 38.1 Å². The molecule has 3 atom stereocenters. The Bertz CT molecular complexity index is 1040. The van der Waals surface area contributed by atoms with E-state index >= 15 is 0 Å². The van der Waals surface area contributed by atoms with Gasteiger partial charge in [0.05, 0.1) is 0 Å². The molecule has 8 nitrogen and oxygen atoms in total. The van der Waals surface area contributed by atoms with Gasteiger partial charge < -0.3 is 19.5 Å². The number of benzene rings is 1. The van der Waals surface area contributed by atoms with Crippen LogP contribution >= 0.6 is 0 Å². The van der Waals surface area contributed by atoms with Crippen molar-refractivity contribution in [2.24, 2.45) is 11.8 Å². The standard InChI is InChI=1S/C25H32N4O4/c1-14(2)10-20-23(30)27-21(18-11-16-8-6-7-9-17(16)12-18)24(31)29(20)22(25(32)28(4)5)19-13-33-15(3)26-19/h6-9,13-14,18,20-22H,10-12H2,1-5H3,(H,27,30)/t20-,21-,22-/m1/s1. The van der Waals surface area contributed by atoms with Gasteiger partial charge in [-0.15, -0.1) is 0 Å². The molecule has 2 aromatic rings. The molecule has 8 heteroatoms. The number of hydrogen-bond donors (Lipinski definition) is 1. The molecule has 2 heterocycles. The third-order valence-electron chi connectivity index (χ3n) is 6.58. The minimum Gasteiger partial charge on any atom is -0.449 e. The molecule has 1 N–H and O–H groups in total. The Morgan fingerprint density at radius 3 is 2.36 bits per heavy atom. The van der Waals surface area contributed by atoms with E-state index in [-0.39, 0.29) is 29.6 Å². The van der Waals surface area contributed by atoms with Gasteiger partial charge in [-0.05, 0) is 42.2 Å². The van der Waals surface area contributed by atoms with E-state index in [2.05, 4.69) is 22.4 Å². The highest BCUT2D eigenvalue weighted by Crippen LogP contribution is 2.35. The molecule has 0 bridgehead atoms. The fraction of sp³-hybridized carbons (Fsp3) is 0.520. The number of hydrogen-bond acceptors (Lipinski definition) is 5. The highest BCUT2D eigenvalue weighted by atomic mass is 16.3. The lowest BCUT2D eigenvalue weighted by molar-refractivity contribution is -0.159. The molecule has 0 unspecified atom stereocenters. The average molecular weight is 453 g/mol. The fourth-order valence-electron chi connectivity index (χ4n) is 5.01. The van der Waals surface area contributed by atoms with E-state index in [4.69, 9.17) is 4.42 Å². The summed E-state index contributed by atoms with van der Waals surface area (Å²) in [5.74, 6) is -0.278. The molecule has 4 rings (SSSR count). The number of amides is 3. The number of carbonyl (C=O) groups is 3. The van der Waals surface area contributed by atoms with E-state index in [0.717, 1.165) is 0 Å². The second-order valence-corrected chi connectivity index (χ2v) is 9.74. The molecule has 0 saturated carbocycles. The summed E-state index contributed by atoms with van der Waals surface area (Å²) in [5, 5.41) is 3.01. The zero-order valence-electron chi connectivity index (χ0n) is 19.9. The topological polar surface area (TPSA) is 95.8 Å². The van der Waals surface area contributed by atoms with E-state index in [9.17, 15) is 14.4 Å². The van der Waals surface area contributed by atoms with E-state index < -0.39 is 18.1 Å². The smallest absolute Gasteiger partial charge is 0.251 e. The summed E-state index contributed by atoms with van der Waals surface area (Å²) < 4.78 is 5.39. The number of oxazole rings is 1. The second kappa shape index (κ2) is 9.00. The highest BCUT2D eigenvalue weighted by Gasteiger charge is 2.50. The van der Waals surface area contributed by atoms with Crippen LogP contribution in [-0.2, 0) is 27.2 Å². The maximum Gasteiger partial charge on any atom is 0.251 e. The van der Waals surface area contributed by atoms with Gasteiger partial charge in [-0.3, -0.25) is 14.4 Å². The van der Waals surface area contributed by atoms with Crippen molar-refractivity contribution in [2.45, 2.75) is 58.2 Å². The van der Waals surface area contributed by atoms with Gasteiger partial charge in [0, 0.05) is 21.0 Å². The lowest BCUT2D eigenvalue weighted by Gasteiger charge is -2.44. The van der Waals surface area contributed by atoms with Gasteiger partial charge in [0.25, 0.3) is 5.91 Å². The Kier molecular flexibility index (Phi) is 6.28. The van der Waals surface area contributed by atoms with Crippen LogP contribution in [0, 0.1) is 18.8 Å². The minimum atomic E-state index is -1.02. The number of aryl methyl sites for hydroxylation is 1. The van der Waals surface area contributed by atoms with E-state index in [1.807, 2.05) is 26.0 Å². The number of likely N-dealkylation sites (N-methyl/N-ethyl adjacent to an activating group) is 1. The summed E-state index contributed by atoms with van der Waals surface area (Å²) >= 11 is 0. The van der Waals surface area contributed by atoms with Crippen LogP contribution in [0.5, 0.6) is 0 Å². The van der Waals surface area contributed by atoms with E-state index in [1.54, 1.807) is 21.0 Å². The Labute approximate surface area is 194 Å². The number of carbonyl (C=O) groups excluding carboxylic acids is 3. The maximum atomic E-state index is 14.0. The molecule has 1 saturated heterocycles. The number of rotatable bonds is 6. The Hall–Kier alpha value is -3.16. The number of fused-ring (bicyclic) bond motifs is 1. The predicted molar refractivity (Wildman–Crippen MR) is 122 cm³/mol. The van der Waals surface area contributed by atoms with Crippen LogP contribution in [0.3, 0.4) is 0 Å². The first kappa shape index (κ1) is 23.0. The predicted octanol–water partition coefficient (Wildman–Crippen LogP) is 2.27.